The van der Waals surface area contributed by atoms with Gasteiger partial charge in [0.15, 0.2) is 0 Å². The van der Waals surface area contributed by atoms with Gasteiger partial charge in [-0.05, 0) is 5.92 Å². The van der Waals surface area contributed by atoms with Crippen molar-refractivity contribution in [3.63, 3.8) is 0 Å². The quantitative estimate of drug-likeness (QED) is 0.388. The molecule has 1 saturated carbocycles. The van der Waals surface area contributed by atoms with Crippen molar-refractivity contribution < 1.29 is 17.1 Å². The van der Waals surface area contributed by atoms with Gasteiger partial charge in [0.25, 0.3) is 0 Å². The molecule has 16 heavy (non-hydrogen) atoms. The summed E-state index contributed by atoms with van der Waals surface area (Å²) in [5.41, 5.74) is 1.45. The zero-order valence-electron chi connectivity index (χ0n) is 8.54. The van der Waals surface area contributed by atoms with Gasteiger partial charge in [0.05, 0.1) is 0 Å². The van der Waals surface area contributed by atoms with Crippen LogP contribution in [0, 0.1) is 0 Å². The molecular formula is C13H12Br2Fe. The van der Waals surface area contributed by atoms with E-state index in [9.17, 15) is 0 Å². The Labute approximate surface area is 124 Å². The molecule has 0 saturated heterocycles. The molecule has 2 aromatic carbocycles. The molecular weight excluding hydrogens is 372 g/mol. The average Bonchev–Trinajstić information content (AvgIpc) is 2.86. The minimum Gasteiger partial charge on any atom is -0.214 e. The van der Waals surface area contributed by atoms with Crippen molar-refractivity contribution in [1.29, 1.82) is 0 Å². The van der Waals surface area contributed by atoms with Crippen LogP contribution < -0.4 is 0 Å². The summed E-state index contributed by atoms with van der Waals surface area (Å²) < 4.78 is 0. The van der Waals surface area contributed by atoms with Gasteiger partial charge in [0, 0.05) is 9.65 Å². The van der Waals surface area contributed by atoms with Crippen LogP contribution in [-0.4, -0.2) is 9.65 Å². The van der Waals surface area contributed by atoms with Crippen LogP contribution in [0.4, 0.5) is 0 Å². The van der Waals surface area contributed by atoms with Gasteiger partial charge < -0.3 is 0 Å². The Kier molecular flexibility index (Phi) is 6.06. The van der Waals surface area contributed by atoms with Crippen LogP contribution in [0.5, 0.6) is 0 Å². The zero-order chi connectivity index (χ0) is 10.7. The average molecular weight is 384 g/mol. The Morgan fingerprint density at radius 2 is 1.38 bits per heavy atom. The van der Waals surface area contributed by atoms with Crippen molar-refractivity contribution in [2.24, 2.45) is 0 Å². The third-order valence-electron chi connectivity index (χ3n) is 2.48. The van der Waals surface area contributed by atoms with Crippen molar-refractivity contribution in [1.82, 2.24) is 0 Å². The van der Waals surface area contributed by atoms with Gasteiger partial charge in [-0.3, -0.25) is 0 Å². The van der Waals surface area contributed by atoms with Gasteiger partial charge in [-0.15, -0.1) is 0 Å². The first kappa shape index (κ1) is 14.2. The van der Waals surface area contributed by atoms with E-state index in [1.165, 1.54) is 5.56 Å². The van der Waals surface area contributed by atoms with E-state index in [0.717, 1.165) is 0 Å². The van der Waals surface area contributed by atoms with E-state index < -0.39 is 0 Å². The molecule has 0 radical (unpaired) electrons. The topological polar surface area (TPSA) is 0 Å². The van der Waals surface area contributed by atoms with Gasteiger partial charge >= 0.3 is 17.1 Å². The first-order valence-electron chi connectivity index (χ1n) is 4.97. The van der Waals surface area contributed by atoms with E-state index in [-0.39, 0.29) is 17.1 Å². The normalized spacial score (nSPS) is 26.2. The third-order valence-corrected chi connectivity index (χ3v) is 5.47. The Morgan fingerprint density at radius 3 is 1.69 bits per heavy atom. The smallest absolute Gasteiger partial charge is 0.214 e. The van der Waals surface area contributed by atoms with E-state index in [2.05, 4.69) is 56.1 Å². The van der Waals surface area contributed by atoms with Crippen LogP contribution in [0.3, 0.4) is 0 Å². The zero-order valence-corrected chi connectivity index (χ0v) is 12.8. The summed E-state index contributed by atoms with van der Waals surface area (Å²) in [7, 11) is 0. The summed E-state index contributed by atoms with van der Waals surface area (Å²) >= 11 is 7.18. The Hall–Kier alpha value is 0.179. The molecule has 0 aromatic heterocycles. The first-order chi connectivity index (χ1) is 7.30. The van der Waals surface area contributed by atoms with Gasteiger partial charge in [-0.1, -0.05) is 31.9 Å². The van der Waals surface area contributed by atoms with Crippen LogP contribution >= 0.6 is 31.9 Å². The molecule has 2 unspecified atom stereocenters. The molecule has 0 bridgehead atoms. The fraction of sp³-hybridized carbons (Fsp3) is 0.231. The summed E-state index contributed by atoms with van der Waals surface area (Å²) in [6.07, 6.45) is 0. The molecule has 86 valence electrons. The Balaban J connectivity index is 0.000000183. The van der Waals surface area contributed by atoms with Crippen molar-refractivity contribution in [2.75, 3.05) is 0 Å². The summed E-state index contributed by atoms with van der Waals surface area (Å²) in [6, 6.07) is 18.5. The second-order valence-electron chi connectivity index (χ2n) is 3.60. The van der Waals surface area contributed by atoms with Crippen LogP contribution in [0.15, 0.2) is 54.6 Å². The standard InChI is InChI=1S/C8H7Br2.C5H5.Fe/c9-7-6(8(7)10)5-3-1-2-4-5;1-2-4-5-3-1;/h1-4,6-8H;1-5H;/q2*-1;+2. The maximum atomic E-state index is 3.59. The second kappa shape index (κ2) is 6.80. The van der Waals surface area contributed by atoms with Gasteiger partial charge in [-0.25, -0.2) is 24.3 Å². The van der Waals surface area contributed by atoms with Crippen LogP contribution in [-0.2, 0) is 17.1 Å². The number of hydrogen-bond acceptors (Lipinski definition) is 0. The maximum Gasteiger partial charge on any atom is 2.00 e. The Bertz CT molecular complexity index is 341. The third kappa shape index (κ3) is 3.59. The first-order valence-corrected chi connectivity index (χ1v) is 6.80. The van der Waals surface area contributed by atoms with Gasteiger partial charge in [0.1, 0.15) is 0 Å². The molecule has 0 spiro atoms. The van der Waals surface area contributed by atoms with Crippen molar-refractivity contribution in [3.8, 4) is 0 Å². The van der Waals surface area contributed by atoms with E-state index in [1.54, 1.807) is 0 Å². The molecule has 2 atom stereocenters. The van der Waals surface area contributed by atoms with E-state index >= 15 is 0 Å². The molecule has 0 aliphatic heterocycles. The van der Waals surface area contributed by atoms with E-state index in [0.29, 0.717) is 15.6 Å². The minimum atomic E-state index is 0. The van der Waals surface area contributed by atoms with Crippen molar-refractivity contribution in [3.05, 3.63) is 60.2 Å². The van der Waals surface area contributed by atoms with Crippen molar-refractivity contribution >= 4 is 31.9 Å². The molecule has 0 heterocycles. The minimum absolute atomic E-state index is 0. The predicted molar refractivity (Wildman–Crippen MR) is 72.2 cm³/mol. The fourth-order valence-corrected chi connectivity index (χ4v) is 3.52. The number of hydrogen-bond donors (Lipinski definition) is 0. The molecule has 0 amide bonds. The van der Waals surface area contributed by atoms with E-state index in [4.69, 9.17) is 0 Å². The molecule has 1 aliphatic rings. The second-order valence-corrected chi connectivity index (χ2v) is 5.71. The SMILES string of the molecule is BrC1C(Br)C1[c-]1cccc1.[Fe+2].c1cc[cH-]c1. The van der Waals surface area contributed by atoms with Gasteiger partial charge in [0.2, 0.25) is 0 Å². The fourth-order valence-electron chi connectivity index (χ4n) is 1.54. The summed E-state index contributed by atoms with van der Waals surface area (Å²) in [5, 5.41) is 0. The number of rotatable bonds is 1. The maximum absolute atomic E-state index is 3.59. The van der Waals surface area contributed by atoms with Crippen LogP contribution in [0.2, 0.25) is 0 Å². The number of halogens is 2. The molecule has 2 aromatic rings. The van der Waals surface area contributed by atoms with Crippen LogP contribution in [0.25, 0.3) is 0 Å². The molecule has 3 rings (SSSR count). The largest absolute Gasteiger partial charge is 2.00 e. The molecule has 1 aliphatic carbocycles. The van der Waals surface area contributed by atoms with Crippen LogP contribution in [0.1, 0.15) is 11.5 Å². The number of alkyl halides is 2. The summed E-state index contributed by atoms with van der Waals surface area (Å²) in [5.74, 6) is 0.704. The molecule has 0 N–H and O–H groups in total. The van der Waals surface area contributed by atoms with Crippen molar-refractivity contribution in [2.45, 2.75) is 15.6 Å². The van der Waals surface area contributed by atoms with Gasteiger partial charge in [-0.2, -0.15) is 35.9 Å². The molecule has 3 heteroatoms. The summed E-state index contributed by atoms with van der Waals surface area (Å²) in [4.78, 5) is 1.30. The predicted octanol–water partition coefficient (Wildman–Crippen LogP) is 4.43. The molecule has 0 nitrogen and oxygen atoms in total. The monoisotopic (exact) mass is 382 g/mol. The molecule has 1 fully saturated rings. The Morgan fingerprint density at radius 1 is 0.875 bits per heavy atom. The van der Waals surface area contributed by atoms with E-state index in [1.807, 2.05) is 30.3 Å². The summed E-state index contributed by atoms with van der Waals surface area (Å²) in [6.45, 7) is 0.